The number of nitrogens with one attached hydrogen (secondary N) is 2. The fourth-order valence-electron chi connectivity index (χ4n) is 3.90. The molecule has 184 valence electrons. The monoisotopic (exact) mass is 484 g/mol. The first-order valence-corrected chi connectivity index (χ1v) is 11.6. The zero-order valence-corrected chi connectivity index (χ0v) is 20.4. The summed E-state index contributed by atoms with van der Waals surface area (Å²) in [6.07, 6.45) is 0. The van der Waals surface area contributed by atoms with Gasteiger partial charge in [0, 0.05) is 29.2 Å². The molecule has 0 spiro atoms. The molecule has 36 heavy (non-hydrogen) atoms. The molecule has 0 bridgehead atoms. The van der Waals surface area contributed by atoms with Gasteiger partial charge in [0.1, 0.15) is 0 Å². The van der Waals surface area contributed by atoms with E-state index in [2.05, 4.69) is 10.3 Å². The number of hydrogen-bond donors (Lipinski definition) is 3. The summed E-state index contributed by atoms with van der Waals surface area (Å²) in [7, 11) is 3.06. The van der Waals surface area contributed by atoms with E-state index >= 15 is 0 Å². The van der Waals surface area contributed by atoms with Gasteiger partial charge in [0.25, 0.3) is 0 Å². The van der Waals surface area contributed by atoms with Crippen molar-refractivity contribution in [1.82, 2.24) is 10.3 Å². The number of aromatic amines is 1. The van der Waals surface area contributed by atoms with Crippen molar-refractivity contribution in [3.63, 3.8) is 0 Å². The van der Waals surface area contributed by atoms with Gasteiger partial charge in [0.2, 0.25) is 5.91 Å². The lowest BCUT2D eigenvalue weighted by molar-refractivity contribution is -0.117. The first-order valence-electron chi connectivity index (χ1n) is 11.6. The smallest absolute Gasteiger partial charge is 0.337 e. The van der Waals surface area contributed by atoms with Crippen molar-refractivity contribution in [1.29, 1.82) is 0 Å². The molecule has 0 aliphatic carbocycles. The van der Waals surface area contributed by atoms with E-state index in [0.717, 1.165) is 17.8 Å². The Kier molecular flexibility index (Phi) is 7.46. The molecule has 4 aromatic rings. The Bertz CT molecular complexity index is 1410. The number of aliphatic imine (C=N–C) groups is 1. The lowest BCUT2D eigenvalue weighted by Crippen LogP contribution is -2.35. The van der Waals surface area contributed by atoms with Crippen LogP contribution in [0.1, 0.15) is 28.4 Å². The van der Waals surface area contributed by atoms with Gasteiger partial charge < -0.3 is 25.0 Å². The Labute approximate surface area is 209 Å². The van der Waals surface area contributed by atoms with Gasteiger partial charge in [0.15, 0.2) is 5.88 Å². The van der Waals surface area contributed by atoms with Crippen molar-refractivity contribution in [3.8, 4) is 5.88 Å². The maximum Gasteiger partial charge on any atom is 0.337 e. The van der Waals surface area contributed by atoms with Crippen molar-refractivity contribution in [3.05, 3.63) is 89.5 Å². The molecule has 0 aliphatic heterocycles. The van der Waals surface area contributed by atoms with Gasteiger partial charge >= 0.3 is 5.97 Å². The van der Waals surface area contributed by atoms with E-state index in [9.17, 15) is 14.7 Å². The normalized spacial score (nSPS) is 11.5. The highest BCUT2D eigenvalue weighted by Gasteiger charge is 2.20. The lowest BCUT2D eigenvalue weighted by atomic mass is 10.00. The summed E-state index contributed by atoms with van der Waals surface area (Å²) in [6.45, 7) is 2.94. The van der Waals surface area contributed by atoms with E-state index in [0.29, 0.717) is 33.4 Å². The third kappa shape index (κ3) is 5.13. The second-order valence-electron chi connectivity index (χ2n) is 8.18. The number of nitrogens with zero attached hydrogens (tertiary/aromatic N) is 2. The first kappa shape index (κ1) is 24.7. The van der Waals surface area contributed by atoms with Gasteiger partial charge in [-0.2, -0.15) is 0 Å². The molecular weight excluding hydrogens is 456 g/mol. The summed E-state index contributed by atoms with van der Waals surface area (Å²) >= 11 is 0. The van der Waals surface area contributed by atoms with Gasteiger partial charge in [-0.1, -0.05) is 43.3 Å². The number of esters is 1. The molecule has 1 aromatic heterocycles. The largest absolute Gasteiger partial charge is 0.494 e. The van der Waals surface area contributed by atoms with Gasteiger partial charge in [0.05, 0.1) is 36.2 Å². The Hall–Kier alpha value is -4.43. The van der Waals surface area contributed by atoms with Crippen LogP contribution < -0.4 is 10.2 Å². The number of methoxy groups -OCH3 is 1. The third-order valence-corrected chi connectivity index (χ3v) is 5.86. The minimum absolute atomic E-state index is 0.0342. The number of likely N-dealkylation sites (N-methyl/N-ethyl adjacent to an activating group) is 2. The number of amides is 1. The molecular formula is C28H28N4O4. The van der Waals surface area contributed by atoms with Crippen LogP contribution in [-0.2, 0) is 9.53 Å². The van der Waals surface area contributed by atoms with E-state index in [1.165, 1.54) is 7.11 Å². The predicted molar refractivity (Wildman–Crippen MR) is 141 cm³/mol. The molecule has 0 aliphatic rings. The van der Waals surface area contributed by atoms with Gasteiger partial charge in [-0.15, -0.1) is 0 Å². The summed E-state index contributed by atoms with van der Waals surface area (Å²) in [5.74, 6) is -0.549. The molecule has 1 amide bonds. The number of carbonyl (C=O) groups is 2. The van der Waals surface area contributed by atoms with Crippen molar-refractivity contribution >= 4 is 39.9 Å². The summed E-state index contributed by atoms with van der Waals surface area (Å²) in [5, 5.41) is 14.6. The fourth-order valence-corrected chi connectivity index (χ4v) is 3.90. The topological polar surface area (TPSA) is 107 Å². The van der Waals surface area contributed by atoms with Crippen LogP contribution in [0.5, 0.6) is 5.88 Å². The van der Waals surface area contributed by atoms with E-state index in [4.69, 9.17) is 9.73 Å². The molecule has 3 N–H and O–H groups in total. The van der Waals surface area contributed by atoms with Crippen molar-refractivity contribution in [2.75, 3.05) is 32.1 Å². The fraction of sp³-hybridized carbons (Fsp3) is 0.179. The van der Waals surface area contributed by atoms with E-state index in [1.54, 1.807) is 30.1 Å². The second kappa shape index (κ2) is 10.9. The van der Waals surface area contributed by atoms with Crippen LogP contribution >= 0.6 is 0 Å². The Morgan fingerprint density at radius 3 is 2.42 bits per heavy atom. The van der Waals surface area contributed by atoms with E-state index in [-0.39, 0.29) is 18.3 Å². The van der Waals surface area contributed by atoms with E-state index < -0.39 is 5.97 Å². The Balaban J connectivity index is 1.76. The Morgan fingerprint density at radius 1 is 1.03 bits per heavy atom. The summed E-state index contributed by atoms with van der Waals surface area (Å²) in [4.78, 5) is 33.7. The summed E-state index contributed by atoms with van der Waals surface area (Å²) in [5.41, 5.74) is 4.27. The maximum atomic E-state index is 12.3. The van der Waals surface area contributed by atoms with Crippen LogP contribution in [0.4, 0.5) is 11.4 Å². The number of H-pyrrole nitrogens is 1. The molecule has 0 saturated heterocycles. The number of rotatable bonds is 8. The standard InChI is InChI=1S/C28H28N4O4/c1-4-29-17-24(33)32(2)21-13-11-20(12-14-21)30-26(18-8-6-5-7-9-18)25-22-15-10-19(28(35)36-3)16-23(22)31-27(25)34/h5-16,29,31,34H,4,17H2,1-3H3. The number of aromatic hydroxyl groups is 1. The number of benzene rings is 3. The summed E-state index contributed by atoms with van der Waals surface area (Å²) in [6, 6.07) is 21.9. The quantitative estimate of drug-likeness (QED) is 0.254. The van der Waals surface area contributed by atoms with Gasteiger partial charge in [-0.05, 0) is 42.9 Å². The van der Waals surface area contributed by atoms with Crippen LogP contribution in [0.3, 0.4) is 0 Å². The zero-order chi connectivity index (χ0) is 25.7. The molecule has 8 heteroatoms. The highest BCUT2D eigenvalue weighted by molar-refractivity contribution is 6.22. The number of carbonyl (C=O) groups excluding carboxylic acids is 2. The highest BCUT2D eigenvalue weighted by atomic mass is 16.5. The van der Waals surface area contributed by atoms with Crippen LogP contribution in [0.15, 0.2) is 77.8 Å². The van der Waals surface area contributed by atoms with Crippen molar-refractivity contribution < 1.29 is 19.4 Å². The highest BCUT2D eigenvalue weighted by Crippen LogP contribution is 2.32. The van der Waals surface area contributed by atoms with Crippen LogP contribution in [0.25, 0.3) is 10.9 Å². The average molecular weight is 485 g/mol. The molecule has 0 saturated carbocycles. The van der Waals surface area contributed by atoms with Crippen LogP contribution in [0, 0.1) is 0 Å². The molecule has 1 heterocycles. The molecule has 0 atom stereocenters. The number of hydrogen-bond acceptors (Lipinski definition) is 6. The number of aromatic nitrogens is 1. The average Bonchev–Trinajstić information content (AvgIpc) is 3.24. The maximum absolute atomic E-state index is 12.3. The minimum Gasteiger partial charge on any atom is -0.494 e. The third-order valence-electron chi connectivity index (χ3n) is 5.86. The SMILES string of the molecule is CCNCC(=O)N(C)c1ccc(N=C(c2ccccc2)c2c(O)[nH]c3cc(C(=O)OC)ccc23)cc1. The predicted octanol–water partition coefficient (Wildman–Crippen LogP) is 4.40. The van der Waals surface area contributed by atoms with Crippen molar-refractivity contribution in [2.24, 2.45) is 4.99 Å². The van der Waals surface area contributed by atoms with E-state index in [1.807, 2.05) is 61.5 Å². The number of ether oxygens (including phenoxy) is 1. The van der Waals surface area contributed by atoms with Crippen LogP contribution in [-0.4, -0.2) is 54.9 Å². The first-order chi connectivity index (χ1) is 17.4. The number of fused-ring (bicyclic) bond motifs is 1. The lowest BCUT2D eigenvalue weighted by Gasteiger charge is -2.17. The molecule has 0 radical (unpaired) electrons. The summed E-state index contributed by atoms with van der Waals surface area (Å²) < 4.78 is 4.81. The molecule has 0 unspecified atom stereocenters. The van der Waals surface area contributed by atoms with Gasteiger partial charge in [-0.25, -0.2) is 9.79 Å². The van der Waals surface area contributed by atoms with Crippen LogP contribution in [0.2, 0.25) is 0 Å². The Morgan fingerprint density at radius 2 is 1.75 bits per heavy atom. The minimum atomic E-state index is -0.460. The molecule has 8 nitrogen and oxygen atoms in total. The van der Waals surface area contributed by atoms with Crippen molar-refractivity contribution in [2.45, 2.75) is 6.92 Å². The van der Waals surface area contributed by atoms with Gasteiger partial charge in [-0.3, -0.25) is 4.79 Å². The molecule has 0 fully saturated rings. The zero-order valence-electron chi connectivity index (χ0n) is 20.4. The molecule has 3 aromatic carbocycles. The second-order valence-corrected chi connectivity index (χ2v) is 8.18. The molecule has 4 rings (SSSR count). The number of anilines is 1.